The predicted molar refractivity (Wildman–Crippen MR) is 67.0 cm³/mol. The molecule has 0 fully saturated rings. The zero-order valence-corrected chi connectivity index (χ0v) is 9.61. The Morgan fingerprint density at radius 2 is 2.06 bits per heavy atom. The van der Waals surface area contributed by atoms with Crippen molar-refractivity contribution < 1.29 is 5.21 Å². The molecule has 0 amide bonds. The molecule has 0 spiro atoms. The van der Waals surface area contributed by atoms with E-state index in [-0.39, 0.29) is 5.84 Å². The molecule has 0 radical (unpaired) electrons. The second-order valence-corrected chi connectivity index (χ2v) is 3.67. The van der Waals surface area contributed by atoms with Crippen LogP contribution < -0.4 is 11.1 Å². The van der Waals surface area contributed by atoms with Crippen molar-refractivity contribution >= 4 is 11.5 Å². The molecule has 0 unspecified atom stereocenters. The van der Waals surface area contributed by atoms with Crippen molar-refractivity contribution in [3.8, 4) is 0 Å². The van der Waals surface area contributed by atoms with Gasteiger partial charge in [-0.05, 0) is 30.5 Å². The first kappa shape index (κ1) is 12.4. The number of amidine groups is 1. The van der Waals surface area contributed by atoms with E-state index in [9.17, 15) is 0 Å². The molecule has 0 atom stereocenters. The number of benzene rings is 1. The molecule has 4 nitrogen and oxygen atoms in total. The van der Waals surface area contributed by atoms with E-state index in [2.05, 4.69) is 41.7 Å². The first-order valence-corrected chi connectivity index (χ1v) is 5.55. The summed E-state index contributed by atoms with van der Waals surface area (Å²) in [7, 11) is 0. The van der Waals surface area contributed by atoms with Crippen molar-refractivity contribution in [2.45, 2.75) is 26.2 Å². The van der Waals surface area contributed by atoms with Crippen LogP contribution in [0.25, 0.3) is 0 Å². The van der Waals surface area contributed by atoms with Crippen LogP contribution in [0.2, 0.25) is 0 Å². The Morgan fingerprint density at radius 3 is 2.62 bits per heavy atom. The fourth-order valence-electron chi connectivity index (χ4n) is 1.41. The Morgan fingerprint density at radius 1 is 1.38 bits per heavy atom. The summed E-state index contributed by atoms with van der Waals surface area (Å²) in [6, 6.07) is 8.38. The summed E-state index contributed by atoms with van der Waals surface area (Å²) < 4.78 is 0. The first-order chi connectivity index (χ1) is 7.76. The molecule has 0 aliphatic carbocycles. The third kappa shape index (κ3) is 4.21. The molecule has 0 aliphatic heterocycles. The van der Waals surface area contributed by atoms with Gasteiger partial charge < -0.3 is 16.3 Å². The van der Waals surface area contributed by atoms with Crippen molar-refractivity contribution in [3.63, 3.8) is 0 Å². The van der Waals surface area contributed by atoms with Crippen molar-refractivity contribution in [1.82, 2.24) is 0 Å². The van der Waals surface area contributed by atoms with E-state index >= 15 is 0 Å². The number of oxime groups is 1. The zero-order chi connectivity index (χ0) is 11.8. The van der Waals surface area contributed by atoms with E-state index < -0.39 is 0 Å². The van der Waals surface area contributed by atoms with Gasteiger partial charge in [-0.1, -0.05) is 24.2 Å². The zero-order valence-electron chi connectivity index (χ0n) is 9.61. The maximum atomic E-state index is 8.35. The van der Waals surface area contributed by atoms with Gasteiger partial charge in [0.05, 0.1) is 0 Å². The maximum absolute atomic E-state index is 8.35. The van der Waals surface area contributed by atoms with Gasteiger partial charge in [0.15, 0.2) is 0 Å². The molecule has 0 heterocycles. The van der Waals surface area contributed by atoms with E-state index in [0.29, 0.717) is 6.42 Å². The number of nitrogens with one attached hydrogen (secondary N) is 1. The fourth-order valence-corrected chi connectivity index (χ4v) is 1.41. The lowest BCUT2D eigenvalue weighted by Crippen LogP contribution is -2.13. The molecule has 0 saturated heterocycles. The number of aryl methyl sites for hydroxylation is 1. The van der Waals surface area contributed by atoms with E-state index in [1.165, 1.54) is 5.56 Å². The fraction of sp³-hybridized carbons (Fsp3) is 0.417. The average Bonchev–Trinajstić information content (AvgIpc) is 2.35. The highest BCUT2D eigenvalue weighted by atomic mass is 16.4. The molecular formula is C12H19N3O. The third-order valence-electron chi connectivity index (χ3n) is 2.43. The van der Waals surface area contributed by atoms with Gasteiger partial charge in [0.25, 0.3) is 0 Å². The van der Waals surface area contributed by atoms with E-state index in [4.69, 9.17) is 10.9 Å². The summed E-state index contributed by atoms with van der Waals surface area (Å²) >= 11 is 0. The predicted octanol–water partition coefficient (Wildman–Crippen LogP) is 2.19. The maximum Gasteiger partial charge on any atom is 0.139 e. The van der Waals surface area contributed by atoms with Gasteiger partial charge in [-0.15, -0.1) is 0 Å². The summed E-state index contributed by atoms with van der Waals surface area (Å²) in [4.78, 5) is 0. The van der Waals surface area contributed by atoms with Gasteiger partial charge in [-0.2, -0.15) is 0 Å². The number of hydrogen-bond donors (Lipinski definition) is 3. The SMILES string of the molecule is CCc1ccc(NCCCC(N)=NO)cc1. The number of nitrogens with zero attached hydrogens (tertiary/aromatic N) is 1. The quantitative estimate of drug-likeness (QED) is 0.227. The molecule has 0 saturated carbocycles. The first-order valence-electron chi connectivity index (χ1n) is 5.55. The van der Waals surface area contributed by atoms with Crippen LogP contribution in [0.4, 0.5) is 5.69 Å². The van der Waals surface area contributed by atoms with Gasteiger partial charge in [0.1, 0.15) is 5.84 Å². The molecule has 16 heavy (non-hydrogen) atoms. The van der Waals surface area contributed by atoms with Gasteiger partial charge in [0, 0.05) is 18.7 Å². The Kier molecular flexibility index (Phi) is 5.19. The van der Waals surface area contributed by atoms with E-state index in [1.54, 1.807) is 0 Å². The van der Waals surface area contributed by atoms with Crippen LogP contribution >= 0.6 is 0 Å². The number of hydrogen-bond acceptors (Lipinski definition) is 3. The van der Waals surface area contributed by atoms with Crippen LogP contribution in [0.1, 0.15) is 25.3 Å². The van der Waals surface area contributed by atoms with Crippen LogP contribution in [0.15, 0.2) is 29.4 Å². The van der Waals surface area contributed by atoms with Gasteiger partial charge in [0.2, 0.25) is 0 Å². The summed E-state index contributed by atoms with van der Waals surface area (Å²) in [5.41, 5.74) is 7.81. The highest BCUT2D eigenvalue weighted by Crippen LogP contribution is 2.09. The minimum Gasteiger partial charge on any atom is -0.409 e. The Labute approximate surface area is 96.2 Å². The van der Waals surface area contributed by atoms with Crippen molar-refractivity contribution in [3.05, 3.63) is 29.8 Å². The van der Waals surface area contributed by atoms with Crippen molar-refractivity contribution in [1.29, 1.82) is 0 Å². The molecule has 0 bridgehead atoms. The topological polar surface area (TPSA) is 70.6 Å². The van der Waals surface area contributed by atoms with Crippen LogP contribution in [-0.2, 0) is 6.42 Å². The summed E-state index contributed by atoms with van der Waals surface area (Å²) in [6.07, 6.45) is 2.52. The molecule has 1 aromatic rings. The minimum absolute atomic E-state index is 0.281. The molecule has 4 N–H and O–H groups in total. The van der Waals surface area contributed by atoms with Crippen LogP contribution in [-0.4, -0.2) is 17.6 Å². The highest BCUT2D eigenvalue weighted by Gasteiger charge is 1.95. The number of anilines is 1. The average molecular weight is 221 g/mol. The lowest BCUT2D eigenvalue weighted by atomic mass is 10.1. The summed E-state index contributed by atoms with van der Waals surface area (Å²) in [5.74, 6) is 0.281. The van der Waals surface area contributed by atoms with Gasteiger partial charge in [-0.25, -0.2) is 0 Å². The largest absolute Gasteiger partial charge is 0.409 e. The monoisotopic (exact) mass is 221 g/mol. The third-order valence-corrected chi connectivity index (χ3v) is 2.43. The Bertz CT molecular complexity index is 333. The molecule has 4 heteroatoms. The summed E-state index contributed by atoms with van der Waals surface area (Å²) in [6.45, 7) is 2.96. The normalized spacial score (nSPS) is 11.4. The Balaban J connectivity index is 2.26. The van der Waals surface area contributed by atoms with Crippen LogP contribution in [0.5, 0.6) is 0 Å². The molecule has 1 aromatic carbocycles. The molecule has 0 aromatic heterocycles. The van der Waals surface area contributed by atoms with Crippen molar-refractivity contribution in [2.24, 2.45) is 10.9 Å². The minimum atomic E-state index is 0.281. The Hall–Kier alpha value is -1.71. The standard InChI is InChI=1S/C12H19N3O/c1-2-10-5-7-11(8-6-10)14-9-3-4-12(13)15-16/h5-8,14,16H,2-4,9H2,1H3,(H2,13,15). The number of rotatable bonds is 6. The summed E-state index contributed by atoms with van der Waals surface area (Å²) in [5, 5.41) is 14.6. The molecule has 0 aliphatic rings. The molecular weight excluding hydrogens is 202 g/mol. The lowest BCUT2D eigenvalue weighted by molar-refractivity contribution is 0.316. The molecule has 88 valence electrons. The van der Waals surface area contributed by atoms with Crippen molar-refractivity contribution in [2.75, 3.05) is 11.9 Å². The van der Waals surface area contributed by atoms with Crippen LogP contribution in [0, 0.1) is 0 Å². The highest BCUT2D eigenvalue weighted by molar-refractivity contribution is 5.79. The lowest BCUT2D eigenvalue weighted by Gasteiger charge is -2.06. The van der Waals surface area contributed by atoms with Gasteiger partial charge in [-0.3, -0.25) is 0 Å². The number of nitrogens with two attached hydrogens (primary N) is 1. The van der Waals surface area contributed by atoms with E-state index in [1.807, 2.05) is 0 Å². The molecule has 1 rings (SSSR count). The second-order valence-electron chi connectivity index (χ2n) is 3.67. The van der Waals surface area contributed by atoms with Gasteiger partial charge >= 0.3 is 0 Å². The van der Waals surface area contributed by atoms with E-state index in [0.717, 1.165) is 25.1 Å². The second kappa shape index (κ2) is 6.71. The van der Waals surface area contributed by atoms with Crippen LogP contribution in [0.3, 0.4) is 0 Å². The smallest absolute Gasteiger partial charge is 0.139 e.